The van der Waals surface area contributed by atoms with Gasteiger partial charge in [-0.05, 0) is 12.3 Å². The number of hydrogen-bond acceptors (Lipinski definition) is 3. The van der Waals surface area contributed by atoms with Crippen LogP contribution in [0.25, 0.3) is 0 Å². The Labute approximate surface area is 90.0 Å². The molecule has 2 fully saturated rings. The monoisotopic (exact) mass is 210 g/mol. The number of hydrogen-bond donors (Lipinski definition) is 1. The van der Waals surface area contributed by atoms with Crippen LogP contribution in [-0.4, -0.2) is 36.3 Å². The van der Waals surface area contributed by atoms with E-state index < -0.39 is 0 Å². The first-order valence-electron chi connectivity index (χ1n) is 5.57. The Morgan fingerprint density at radius 3 is 2.67 bits per heavy atom. The molecule has 4 heteroatoms. The van der Waals surface area contributed by atoms with E-state index >= 15 is 0 Å². The molecule has 2 heterocycles. The number of carbonyl (C=O) groups is 2. The summed E-state index contributed by atoms with van der Waals surface area (Å²) in [6.45, 7) is 4.94. The molecule has 0 spiro atoms. The number of likely N-dealkylation sites (tertiary alicyclic amines) is 1. The number of nitrogens with zero attached hydrogens (tertiary/aromatic N) is 1. The molecule has 1 N–H and O–H groups in total. The Hall–Kier alpha value is -0.900. The molecule has 2 rings (SSSR count). The third kappa shape index (κ3) is 1.57. The summed E-state index contributed by atoms with van der Waals surface area (Å²) in [5, 5.41) is 3.30. The molecule has 0 saturated carbocycles. The van der Waals surface area contributed by atoms with E-state index in [0.717, 1.165) is 6.42 Å². The van der Waals surface area contributed by atoms with Gasteiger partial charge in [-0.2, -0.15) is 0 Å². The van der Waals surface area contributed by atoms with E-state index in [4.69, 9.17) is 0 Å². The zero-order chi connectivity index (χ0) is 11.2. The average Bonchev–Trinajstić information content (AvgIpc) is 2.64. The van der Waals surface area contributed by atoms with Gasteiger partial charge in [-0.1, -0.05) is 13.8 Å². The standard InChI is InChI=1S/C11H18N2O2/c1-6(2)4-8-9-7(5-12-8)10(14)13(3)11(9)15/h6-9,12H,4-5H2,1-3H3/t7-,8+,9-/m1/s1. The van der Waals surface area contributed by atoms with Crippen LogP contribution in [0.1, 0.15) is 20.3 Å². The average molecular weight is 210 g/mol. The van der Waals surface area contributed by atoms with E-state index in [1.54, 1.807) is 7.05 Å². The van der Waals surface area contributed by atoms with Crippen LogP contribution >= 0.6 is 0 Å². The number of carbonyl (C=O) groups excluding carboxylic acids is 2. The van der Waals surface area contributed by atoms with Gasteiger partial charge in [0.25, 0.3) is 0 Å². The maximum absolute atomic E-state index is 11.9. The van der Waals surface area contributed by atoms with Gasteiger partial charge in [0.05, 0.1) is 11.8 Å². The third-order valence-corrected chi connectivity index (χ3v) is 3.46. The Balaban J connectivity index is 2.15. The minimum atomic E-state index is -0.107. The molecule has 2 aliphatic rings. The van der Waals surface area contributed by atoms with Gasteiger partial charge in [0, 0.05) is 19.6 Å². The van der Waals surface area contributed by atoms with Crippen LogP contribution in [0.3, 0.4) is 0 Å². The minimum Gasteiger partial charge on any atom is -0.312 e. The maximum Gasteiger partial charge on any atom is 0.234 e. The SMILES string of the molecule is CC(C)C[C@@H]1NC[C@H]2C(=O)N(C)C(=O)[C@@H]12. The highest BCUT2D eigenvalue weighted by molar-refractivity contribution is 6.05. The van der Waals surface area contributed by atoms with Crippen LogP contribution in [0, 0.1) is 17.8 Å². The molecular weight excluding hydrogens is 192 g/mol. The molecule has 4 nitrogen and oxygen atoms in total. The van der Waals surface area contributed by atoms with Crippen molar-refractivity contribution in [3.63, 3.8) is 0 Å². The summed E-state index contributed by atoms with van der Waals surface area (Å²) in [4.78, 5) is 24.8. The highest BCUT2D eigenvalue weighted by Gasteiger charge is 2.52. The van der Waals surface area contributed by atoms with E-state index in [-0.39, 0.29) is 29.7 Å². The number of fused-ring (bicyclic) bond motifs is 1. The van der Waals surface area contributed by atoms with Gasteiger partial charge in [-0.25, -0.2) is 0 Å². The third-order valence-electron chi connectivity index (χ3n) is 3.46. The van der Waals surface area contributed by atoms with Gasteiger partial charge in [-0.3, -0.25) is 14.5 Å². The summed E-state index contributed by atoms with van der Waals surface area (Å²) in [6.07, 6.45) is 0.966. The van der Waals surface area contributed by atoms with Crippen LogP contribution in [0.4, 0.5) is 0 Å². The molecule has 84 valence electrons. The molecule has 0 bridgehead atoms. The van der Waals surface area contributed by atoms with Crippen LogP contribution in [0.2, 0.25) is 0 Å². The molecule has 0 aromatic carbocycles. The van der Waals surface area contributed by atoms with Crippen molar-refractivity contribution < 1.29 is 9.59 Å². The molecular formula is C11H18N2O2. The van der Waals surface area contributed by atoms with Crippen LogP contribution in [0.15, 0.2) is 0 Å². The number of nitrogens with one attached hydrogen (secondary N) is 1. The summed E-state index contributed by atoms with van der Waals surface area (Å²) in [5.41, 5.74) is 0. The minimum absolute atomic E-state index is 0.000602. The summed E-state index contributed by atoms with van der Waals surface area (Å²) in [6, 6.07) is 0.191. The Morgan fingerprint density at radius 2 is 2.07 bits per heavy atom. The Kier molecular flexibility index (Phi) is 2.54. The predicted molar refractivity (Wildman–Crippen MR) is 56.0 cm³/mol. The first kappa shape index (κ1) is 10.6. The fourth-order valence-electron chi connectivity index (χ4n) is 2.72. The first-order valence-corrected chi connectivity index (χ1v) is 5.57. The second-order valence-corrected chi connectivity index (χ2v) is 5.01. The van der Waals surface area contributed by atoms with Gasteiger partial charge in [-0.15, -0.1) is 0 Å². The van der Waals surface area contributed by atoms with Gasteiger partial charge in [0.2, 0.25) is 11.8 Å². The molecule has 15 heavy (non-hydrogen) atoms. The molecule has 2 amide bonds. The lowest BCUT2D eigenvalue weighted by Crippen LogP contribution is -2.37. The number of imide groups is 1. The van der Waals surface area contributed by atoms with Crippen molar-refractivity contribution in [3.8, 4) is 0 Å². The van der Waals surface area contributed by atoms with Crippen molar-refractivity contribution in [3.05, 3.63) is 0 Å². The lowest BCUT2D eigenvalue weighted by Gasteiger charge is -2.19. The lowest BCUT2D eigenvalue weighted by molar-refractivity contribution is -0.138. The first-order chi connectivity index (χ1) is 7.02. The Bertz CT molecular complexity index is 301. The predicted octanol–water partition coefficient (Wildman–Crippen LogP) is 0.235. The van der Waals surface area contributed by atoms with Crippen LogP contribution in [0.5, 0.6) is 0 Å². The van der Waals surface area contributed by atoms with Gasteiger partial charge in [0.15, 0.2) is 0 Å². The summed E-state index contributed by atoms with van der Waals surface area (Å²) < 4.78 is 0. The summed E-state index contributed by atoms with van der Waals surface area (Å²) >= 11 is 0. The second kappa shape index (κ2) is 3.59. The second-order valence-electron chi connectivity index (χ2n) is 5.01. The smallest absolute Gasteiger partial charge is 0.234 e. The largest absolute Gasteiger partial charge is 0.312 e. The highest BCUT2D eigenvalue weighted by Crippen LogP contribution is 2.34. The lowest BCUT2D eigenvalue weighted by atomic mass is 9.88. The van der Waals surface area contributed by atoms with Crippen molar-refractivity contribution in [1.29, 1.82) is 0 Å². The zero-order valence-corrected chi connectivity index (χ0v) is 9.49. The Morgan fingerprint density at radius 1 is 1.40 bits per heavy atom. The van der Waals surface area contributed by atoms with E-state index in [2.05, 4.69) is 19.2 Å². The molecule has 0 aromatic rings. The molecule has 0 aromatic heterocycles. The molecule has 2 aliphatic heterocycles. The number of amides is 2. The molecule has 0 unspecified atom stereocenters. The topological polar surface area (TPSA) is 49.4 Å². The van der Waals surface area contributed by atoms with E-state index in [0.29, 0.717) is 12.5 Å². The molecule has 3 atom stereocenters. The summed E-state index contributed by atoms with van der Waals surface area (Å²) in [5.74, 6) is 0.329. The van der Waals surface area contributed by atoms with Crippen molar-refractivity contribution >= 4 is 11.8 Å². The fourth-order valence-corrected chi connectivity index (χ4v) is 2.72. The molecule has 0 aliphatic carbocycles. The van der Waals surface area contributed by atoms with Crippen molar-refractivity contribution in [1.82, 2.24) is 10.2 Å². The van der Waals surface area contributed by atoms with Gasteiger partial charge < -0.3 is 5.32 Å². The van der Waals surface area contributed by atoms with Crippen molar-refractivity contribution in [2.45, 2.75) is 26.3 Å². The fraction of sp³-hybridized carbons (Fsp3) is 0.818. The molecule has 2 saturated heterocycles. The normalized spacial score (nSPS) is 35.5. The van der Waals surface area contributed by atoms with Gasteiger partial charge in [0.1, 0.15) is 0 Å². The maximum atomic E-state index is 11.9. The van der Waals surface area contributed by atoms with E-state index in [1.807, 2.05) is 0 Å². The summed E-state index contributed by atoms with van der Waals surface area (Å²) in [7, 11) is 1.59. The van der Waals surface area contributed by atoms with Crippen LogP contribution < -0.4 is 5.32 Å². The zero-order valence-electron chi connectivity index (χ0n) is 9.49. The van der Waals surface area contributed by atoms with E-state index in [1.165, 1.54) is 4.90 Å². The number of rotatable bonds is 2. The molecule has 0 radical (unpaired) electrons. The van der Waals surface area contributed by atoms with Crippen molar-refractivity contribution in [2.24, 2.45) is 17.8 Å². The van der Waals surface area contributed by atoms with Gasteiger partial charge >= 0.3 is 0 Å². The van der Waals surface area contributed by atoms with E-state index in [9.17, 15) is 9.59 Å². The van der Waals surface area contributed by atoms with Crippen LogP contribution in [-0.2, 0) is 9.59 Å². The highest BCUT2D eigenvalue weighted by atomic mass is 16.2. The van der Waals surface area contributed by atoms with Crippen molar-refractivity contribution in [2.75, 3.05) is 13.6 Å². The quantitative estimate of drug-likeness (QED) is 0.664.